The molecule has 0 aliphatic carbocycles. The zero-order valence-corrected chi connectivity index (χ0v) is 14.0. The summed E-state index contributed by atoms with van der Waals surface area (Å²) in [5, 5.41) is 9.90. The molecule has 120 valence electrons. The number of aromatic nitrogens is 4. The minimum atomic E-state index is 0.463. The fourth-order valence-electron chi connectivity index (χ4n) is 3.66. The van der Waals surface area contributed by atoms with Gasteiger partial charge in [0.2, 0.25) is 0 Å². The first-order valence-corrected chi connectivity index (χ1v) is 9.18. The summed E-state index contributed by atoms with van der Waals surface area (Å²) < 4.78 is 3.32. The molecule has 4 aromatic rings. The van der Waals surface area contributed by atoms with Gasteiger partial charge < -0.3 is 4.90 Å². The molecule has 0 radical (unpaired) electrons. The highest BCUT2D eigenvalue weighted by Gasteiger charge is 2.33. The van der Waals surface area contributed by atoms with Gasteiger partial charge in [-0.1, -0.05) is 29.5 Å². The van der Waals surface area contributed by atoms with Gasteiger partial charge in [-0.2, -0.15) is 4.68 Å². The van der Waals surface area contributed by atoms with E-state index in [0.29, 0.717) is 6.04 Å². The SMILES string of the molecule is c1ccc2sc([C@H]3CCC[NH+]3Cn3nnc4ccccc43)nc2c1. The third kappa shape index (κ3) is 2.30. The van der Waals surface area contributed by atoms with Gasteiger partial charge in [0, 0.05) is 12.8 Å². The van der Waals surface area contributed by atoms with Crippen LogP contribution in [0.2, 0.25) is 0 Å². The van der Waals surface area contributed by atoms with E-state index in [2.05, 4.69) is 40.6 Å². The second kappa shape index (κ2) is 5.65. The lowest BCUT2D eigenvalue weighted by Gasteiger charge is -2.19. The first-order valence-electron chi connectivity index (χ1n) is 8.37. The molecule has 0 saturated carbocycles. The smallest absolute Gasteiger partial charge is 0.175 e. The highest BCUT2D eigenvalue weighted by atomic mass is 32.1. The van der Waals surface area contributed by atoms with Crippen molar-refractivity contribution < 1.29 is 4.90 Å². The normalized spacial score (nSPS) is 21.0. The van der Waals surface area contributed by atoms with Gasteiger partial charge >= 0.3 is 0 Å². The summed E-state index contributed by atoms with van der Waals surface area (Å²) in [5.74, 6) is 0. The molecule has 2 atom stereocenters. The van der Waals surface area contributed by atoms with Gasteiger partial charge in [-0.25, -0.2) is 4.98 Å². The first kappa shape index (κ1) is 14.1. The van der Waals surface area contributed by atoms with Gasteiger partial charge in [0.1, 0.15) is 11.6 Å². The Morgan fingerprint density at radius 2 is 1.92 bits per heavy atom. The Labute approximate surface area is 143 Å². The van der Waals surface area contributed by atoms with E-state index in [-0.39, 0.29) is 0 Å². The van der Waals surface area contributed by atoms with Crippen molar-refractivity contribution in [2.24, 2.45) is 0 Å². The van der Waals surface area contributed by atoms with Crippen LogP contribution in [0.5, 0.6) is 0 Å². The maximum atomic E-state index is 4.89. The Bertz CT molecular complexity index is 972. The number of nitrogens with one attached hydrogen (secondary N) is 1. The molecule has 1 N–H and O–H groups in total. The number of para-hydroxylation sites is 2. The summed E-state index contributed by atoms with van der Waals surface area (Å²) in [5.41, 5.74) is 3.20. The highest BCUT2D eigenvalue weighted by Crippen LogP contribution is 2.28. The van der Waals surface area contributed by atoms with Crippen molar-refractivity contribution in [2.45, 2.75) is 25.6 Å². The molecule has 6 heteroatoms. The Morgan fingerprint density at radius 3 is 2.83 bits per heavy atom. The Balaban J connectivity index is 1.46. The summed E-state index contributed by atoms with van der Waals surface area (Å²) >= 11 is 1.84. The molecular weight excluding hydrogens is 318 g/mol. The monoisotopic (exact) mass is 336 g/mol. The van der Waals surface area contributed by atoms with Gasteiger partial charge in [-0.05, 0) is 24.3 Å². The van der Waals surface area contributed by atoms with Gasteiger partial charge in [0.25, 0.3) is 0 Å². The van der Waals surface area contributed by atoms with E-state index >= 15 is 0 Å². The molecule has 2 aromatic carbocycles. The molecular formula is C18H18N5S+. The number of hydrogen-bond acceptors (Lipinski definition) is 4. The first-order chi connectivity index (χ1) is 11.9. The van der Waals surface area contributed by atoms with Crippen molar-refractivity contribution in [2.75, 3.05) is 6.54 Å². The summed E-state index contributed by atoms with van der Waals surface area (Å²) in [6.07, 6.45) is 2.43. The fraction of sp³-hybridized carbons (Fsp3) is 0.278. The van der Waals surface area contributed by atoms with E-state index in [4.69, 9.17) is 4.98 Å². The largest absolute Gasteiger partial charge is 0.308 e. The average molecular weight is 336 g/mol. The number of fused-ring (bicyclic) bond motifs is 2. The second-order valence-corrected chi connectivity index (χ2v) is 7.42. The minimum absolute atomic E-state index is 0.463. The van der Waals surface area contributed by atoms with E-state index in [1.165, 1.54) is 27.4 Å². The maximum Gasteiger partial charge on any atom is 0.175 e. The van der Waals surface area contributed by atoms with Crippen molar-refractivity contribution in [3.63, 3.8) is 0 Å². The van der Waals surface area contributed by atoms with Crippen LogP contribution in [0.3, 0.4) is 0 Å². The summed E-state index contributed by atoms with van der Waals surface area (Å²) in [7, 11) is 0. The molecule has 1 unspecified atom stereocenters. The lowest BCUT2D eigenvalue weighted by Crippen LogP contribution is -3.09. The summed E-state index contributed by atoms with van der Waals surface area (Å²) in [6.45, 7) is 2.01. The summed E-state index contributed by atoms with van der Waals surface area (Å²) in [4.78, 5) is 6.42. The quantitative estimate of drug-likeness (QED) is 0.625. The van der Waals surface area contributed by atoms with Crippen molar-refractivity contribution in [1.82, 2.24) is 20.0 Å². The highest BCUT2D eigenvalue weighted by molar-refractivity contribution is 7.18. The van der Waals surface area contributed by atoms with Gasteiger partial charge in [0.15, 0.2) is 11.7 Å². The number of likely N-dealkylation sites (tertiary alicyclic amines) is 1. The van der Waals surface area contributed by atoms with Crippen LogP contribution in [0.25, 0.3) is 21.3 Å². The van der Waals surface area contributed by atoms with Crippen molar-refractivity contribution >= 4 is 32.6 Å². The van der Waals surface area contributed by atoms with Crippen LogP contribution in [0.1, 0.15) is 23.9 Å². The molecule has 1 saturated heterocycles. The van der Waals surface area contributed by atoms with Crippen LogP contribution >= 0.6 is 11.3 Å². The molecule has 1 aliphatic rings. The summed E-state index contributed by atoms with van der Waals surface area (Å²) in [6, 6.07) is 17.1. The van der Waals surface area contributed by atoms with Crippen LogP contribution < -0.4 is 4.90 Å². The van der Waals surface area contributed by atoms with Crippen LogP contribution in [0, 0.1) is 0 Å². The van der Waals surface area contributed by atoms with E-state index < -0.39 is 0 Å². The zero-order valence-electron chi connectivity index (χ0n) is 13.2. The number of benzene rings is 2. The Hall–Kier alpha value is -2.31. The number of quaternary nitrogens is 1. The predicted octanol–water partition coefficient (Wildman–Crippen LogP) is 2.42. The topological polar surface area (TPSA) is 48.0 Å². The number of nitrogens with zero attached hydrogens (tertiary/aromatic N) is 4. The van der Waals surface area contributed by atoms with Crippen LogP contribution in [0.4, 0.5) is 0 Å². The molecule has 0 spiro atoms. The van der Waals surface area contributed by atoms with Crippen LogP contribution in [-0.4, -0.2) is 26.5 Å². The molecule has 24 heavy (non-hydrogen) atoms. The Morgan fingerprint density at radius 1 is 1.08 bits per heavy atom. The molecule has 3 heterocycles. The third-order valence-electron chi connectivity index (χ3n) is 4.87. The van der Waals surface area contributed by atoms with Crippen molar-refractivity contribution in [1.29, 1.82) is 0 Å². The van der Waals surface area contributed by atoms with Crippen LogP contribution in [0.15, 0.2) is 48.5 Å². The maximum absolute atomic E-state index is 4.89. The van der Waals surface area contributed by atoms with E-state index in [1.54, 1.807) is 0 Å². The van der Waals surface area contributed by atoms with Gasteiger partial charge in [-0.15, -0.1) is 16.4 Å². The zero-order chi connectivity index (χ0) is 15.9. The molecule has 1 aliphatic heterocycles. The molecule has 1 fully saturated rings. The standard InChI is InChI=1S/C18H17N5S/c1-3-8-15-13(6-1)20-21-23(15)12-22-11-5-9-16(22)18-19-14-7-2-4-10-17(14)24-18/h1-4,6-8,10,16H,5,9,11-12H2/p+1/t16-/m1/s1. The fourth-order valence-corrected chi connectivity index (χ4v) is 4.83. The molecule has 5 nitrogen and oxygen atoms in total. The lowest BCUT2D eigenvalue weighted by molar-refractivity contribution is -0.941. The van der Waals surface area contributed by atoms with E-state index in [0.717, 1.165) is 29.8 Å². The number of hydrogen-bond donors (Lipinski definition) is 1. The lowest BCUT2D eigenvalue weighted by atomic mass is 10.2. The molecule has 2 aromatic heterocycles. The minimum Gasteiger partial charge on any atom is -0.308 e. The molecule has 0 amide bonds. The number of thiazole rings is 1. The van der Waals surface area contributed by atoms with E-state index in [9.17, 15) is 0 Å². The number of rotatable bonds is 3. The van der Waals surface area contributed by atoms with Gasteiger partial charge in [-0.3, -0.25) is 0 Å². The third-order valence-corrected chi connectivity index (χ3v) is 6.02. The second-order valence-electron chi connectivity index (χ2n) is 6.36. The average Bonchev–Trinajstić information content (AvgIpc) is 3.33. The molecule has 0 bridgehead atoms. The van der Waals surface area contributed by atoms with E-state index in [1.807, 2.05) is 34.2 Å². The van der Waals surface area contributed by atoms with Gasteiger partial charge in [0.05, 0.1) is 22.3 Å². The van der Waals surface area contributed by atoms with Crippen molar-refractivity contribution in [3.8, 4) is 0 Å². The molecule has 5 rings (SSSR count). The predicted molar refractivity (Wildman–Crippen MR) is 95.0 cm³/mol. The van der Waals surface area contributed by atoms with Crippen molar-refractivity contribution in [3.05, 3.63) is 53.5 Å². The van der Waals surface area contributed by atoms with Crippen LogP contribution in [-0.2, 0) is 6.67 Å². The Kier molecular flexibility index (Phi) is 3.31.